The fourth-order valence-electron chi connectivity index (χ4n) is 2.72. The Balaban J connectivity index is 2.21. The topological polar surface area (TPSA) is 66.8 Å². The Hall–Kier alpha value is -2.14. The highest BCUT2D eigenvalue weighted by atomic mass is 16.6. The van der Waals surface area contributed by atoms with Gasteiger partial charge in [0.05, 0.1) is 5.56 Å². The van der Waals surface area contributed by atoms with Crippen LogP contribution in [0.5, 0.6) is 0 Å². The number of hydrogen-bond acceptors (Lipinski definition) is 5. The Kier molecular flexibility index (Phi) is 5.13. The number of ether oxygens (including phenoxy) is 1. The molecule has 5 nitrogen and oxygen atoms in total. The van der Waals surface area contributed by atoms with E-state index in [0.29, 0.717) is 11.1 Å². The fourth-order valence-corrected chi connectivity index (χ4v) is 2.72. The smallest absolute Gasteiger partial charge is 0.338 e. The summed E-state index contributed by atoms with van der Waals surface area (Å²) in [6, 6.07) is 7.03. The first-order valence-corrected chi connectivity index (χ1v) is 8.00. The summed E-state index contributed by atoms with van der Waals surface area (Å²) in [5.74, 6) is -0.550. The Morgan fingerprint density at radius 2 is 1.83 bits per heavy atom. The molecule has 0 amide bonds. The summed E-state index contributed by atoms with van der Waals surface area (Å²) >= 11 is 0. The molecule has 0 spiro atoms. The van der Waals surface area contributed by atoms with E-state index in [1.54, 1.807) is 39.0 Å². The molecular formula is C19H25NO4. The molecule has 0 fully saturated rings. The first kappa shape index (κ1) is 18.2. The summed E-state index contributed by atoms with van der Waals surface area (Å²) in [7, 11) is 3.84. The van der Waals surface area contributed by atoms with Gasteiger partial charge >= 0.3 is 5.97 Å². The van der Waals surface area contributed by atoms with Gasteiger partial charge in [0, 0.05) is 31.6 Å². The van der Waals surface area contributed by atoms with Gasteiger partial charge < -0.3 is 14.7 Å². The zero-order valence-corrected chi connectivity index (χ0v) is 14.9. The van der Waals surface area contributed by atoms with Crippen molar-refractivity contribution in [2.24, 2.45) is 5.41 Å². The molecule has 1 aromatic carbocycles. The van der Waals surface area contributed by atoms with Crippen molar-refractivity contribution in [1.82, 2.24) is 0 Å². The minimum atomic E-state index is -0.941. The molecule has 2 atom stereocenters. The SMILES string of the molecule is CC1=CC(OC(=O)c2ccc(N(C)C)cc2)C(O)C(C)(C)CC1=O. The highest BCUT2D eigenvalue weighted by molar-refractivity contribution is 5.96. The lowest BCUT2D eigenvalue weighted by Crippen LogP contribution is -2.40. The molecule has 1 aliphatic carbocycles. The van der Waals surface area contributed by atoms with Gasteiger partial charge in [0.1, 0.15) is 12.2 Å². The minimum absolute atomic E-state index is 0.0343. The number of Topliss-reactive ketones (excluding diaryl/α,β-unsaturated/α-hetero) is 1. The molecule has 0 aromatic heterocycles. The van der Waals surface area contributed by atoms with E-state index in [9.17, 15) is 14.7 Å². The van der Waals surface area contributed by atoms with Crippen LogP contribution in [-0.4, -0.2) is 43.2 Å². The molecule has 5 heteroatoms. The van der Waals surface area contributed by atoms with E-state index in [-0.39, 0.29) is 12.2 Å². The molecule has 0 saturated carbocycles. The largest absolute Gasteiger partial charge is 0.452 e. The van der Waals surface area contributed by atoms with Crippen LogP contribution in [0.2, 0.25) is 0 Å². The van der Waals surface area contributed by atoms with Crippen LogP contribution in [0.15, 0.2) is 35.9 Å². The number of aliphatic hydroxyl groups excluding tert-OH is 1. The normalized spacial score (nSPS) is 23.2. The molecule has 0 bridgehead atoms. The molecule has 2 rings (SSSR count). The lowest BCUT2D eigenvalue weighted by molar-refractivity contribution is -0.119. The Morgan fingerprint density at radius 3 is 2.38 bits per heavy atom. The zero-order valence-electron chi connectivity index (χ0n) is 14.9. The molecule has 0 heterocycles. The van der Waals surface area contributed by atoms with Crippen LogP contribution in [0.3, 0.4) is 0 Å². The summed E-state index contributed by atoms with van der Waals surface area (Å²) < 4.78 is 5.49. The summed E-state index contributed by atoms with van der Waals surface area (Å²) in [6.07, 6.45) is -0.00740. The van der Waals surface area contributed by atoms with Crippen molar-refractivity contribution in [3.05, 3.63) is 41.5 Å². The third-order valence-corrected chi connectivity index (χ3v) is 4.44. The highest BCUT2D eigenvalue weighted by Gasteiger charge is 2.40. The van der Waals surface area contributed by atoms with Gasteiger partial charge in [-0.25, -0.2) is 4.79 Å². The number of esters is 1. The molecule has 1 aliphatic rings. The van der Waals surface area contributed by atoms with Crippen LogP contribution in [0.25, 0.3) is 0 Å². The molecule has 0 aliphatic heterocycles. The molecule has 0 saturated heterocycles. The first-order chi connectivity index (χ1) is 11.1. The molecule has 2 unspecified atom stereocenters. The van der Waals surface area contributed by atoms with Crippen LogP contribution in [-0.2, 0) is 9.53 Å². The molecule has 24 heavy (non-hydrogen) atoms. The monoisotopic (exact) mass is 331 g/mol. The molecular weight excluding hydrogens is 306 g/mol. The second-order valence-corrected chi connectivity index (χ2v) is 7.19. The molecule has 1 aromatic rings. The summed E-state index contributed by atoms with van der Waals surface area (Å²) in [6.45, 7) is 5.28. The summed E-state index contributed by atoms with van der Waals surface area (Å²) in [5.41, 5.74) is 1.24. The fraction of sp³-hybridized carbons (Fsp3) is 0.474. The number of allylic oxidation sites excluding steroid dienone is 1. The van der Waals surface area contributed by atoms with Crippen molar-refractivity contribution in [1.29, 1.82) is 0 Å². The number of hydrogen-bond donors (Lipinski definition) is 1. The van der Waals surface area contributed by atoms with Gasteiger partial charge in [-0.1, -0.05) is 13.8 Å². The van der Waals surface area contributed by atoms with E-state index in [2.05, 4.69) is 0 Å². The van der Waals surface area contributed by atoms with Gasteiger partial charge in [-0.05, 0) is 42.8 Å². The van der Waals surface area contributed by atoms with Gasteiger partial charge in [0.15, 0.2) is 5.78 Å². The van der Waals surface area contributed by atoms with E-state index in [0.717, 1.165) is 5.69 Å². The van der Waals surface area contributed by atoms with E-state index in [4.69, 9.17) is 4.74 Å². The number of aliphatic hydroxyl groups is 1. The van der Waals surface area contributed by atoms with Crippen LogP contribution < -0.4 is 4.90 Å². The first-order valence-electron chi connectivity index (χ1n) is 8.00. The summed E-state index contributed by atoms with van der Waals surface area (Å²) in [4.78, 5) is 26.4. The number of nitrogens with zero attached hydrogens (tertiary/aromatic N) is 1. The standard InChI is InChI=1S/C19H25NO4/c1-12-10-16(17(22)19(2,3)11-15(12)21)24-18(23)13-6-8-14(9-7-13)20(4)5/h6-10,16-17,22H,11H2,1-5H3. The lowest BCUT2D eigenvalue weighted by Gasteiger charge is -2.32. The molecule has 0 radical (unpaired) electrons. The van der Waals surface area contributed by atoms with Crippen molar-refractivity contribution in [2.45, 2.75) is 39.4 Å². The predicted molar refractivity (Wildman–Crippen MR) is 93.1 cm³/mol. The van der Waals surface area contributed by atoms with Gasteiger partial charge in [-0.3, -0.25) is 4.79 Å². The van der Waals surface area contributed by atoms with Crippen LogP contribution in [0.4, 0.5) is 5.69 Å². The number of ketones is 1. The van der Waals surface area contributed by atoms with Crippen LogP contribution >= 0.6 is 0 Å². The minimum Gasteiger partial charge on any atom is -0.452 e. The van der Waals surface area contributed by atoms with E-state index < -0.39 is 23.6 Å². The highest BCUT2D eigenvalue weighted by Crippen LogP contribution is 2.34. The summed E-state index contributed by atoms with van der Waals surface area (Å²) in [5, 5.41) is 10.5. The predicted octanol–water partition coefficient (Wildman–Crippen LogP) is 2.58. The number of benzene rings is 1. The Labute approximate surface area is 142 Å². The second kappa shape index (κ2) is 6.77. The number of carbonyl (C=O) groups is 2. The van der Waals surface area contributed by atoms with Gasteiger partial charge in [-0.2, -0.15) is 0 Å². The third kappa shape index (κ3) is 3.85. The van der Waals surface area contributed by atoms with Crippen molar-refractivity contribution >= 4 is 17.4 Å². The maximum absolute atomic E-state index is 12.4. The van der Waals surface area contributed by atoms with Gasteiger partial charge in [-0.15, -0.1) is 0 Å². The quantitative estimate of drug-likeness (QED) is 0.862. The van der Waals surface area contributed by atoms with E-state index >= 15 is 0 Å². The molecule has 130 valence electrons. The number of anilines is 1. The average Bonchev–Trinajstić information content (AvgIpc) is 2.58. The van der Waals surface area contributed by atoms with Crippen molar-refractivity contribution in [3.63, 3.8) is 0 Å². The Bertz CT molecular complexity index is 658. The molecule has 1 N–H and O–H groups in total. The third-order valence-electron chi connectivity index (χ3n) is 4.44. The zero-order chi connectivity index (χ0) is 18.1. The van der Waals surface area contributed by atoms with Crippen molar-refractivity contribution in [2.75, 3.05) is 19.0 Å². The lowest BCUT2D eigenvalue weighted by atomic mass is 9.80. The number of rotatable bonds is 3. The average molecular weight is 331 g/mol. The Morgan fingerprint density at radius 1 is 1.25 bits per heavy atom. The van der Waals surface area contributed by atoms with Crippen molar-refractivity contribution < 1.29 is 19.4 Å². The van der Waals surface area contributed by atoms with Gasteiger partial charge in [0.25, 0.3) is 0 Å². The maximum Gasteiger partial charge on any atom is 0.338 e. The van der Waals surface area contributed by atoms with Gasteiger partial charge in [0.2, 0.25) is 0 Å². The second-order valence-electron chi connectivity index (χ2n) is 7.19. The van der Waals surface area contributed by atoms with Crippen molar-refractivity contribution in [3.8, 4) is 0 Å². The van der Waals surface area contributed by atoms with E-state index in [1.165, 1.54) is 0 Å². The number of carbonyl (C=O) groups excluding carboxylic acids is 2. The van der Waals surface area contributed by atoms with E-state index in [1.807, 2.05) is 31.1 Å². The van der Waals surface area contributed by atoms with Crippen LogP contribution in [0.1, 0.15) is 37.6 Å². The van der Waals surface area contributed by atoms with Crippen LogP contribution in [0, 0.1) is 5.41 Å². The maximum atomic E-state index is 12.4.